The molecule has 134 valence electrons. The molecule has 0 aliphatic carbocycles. The van der Waals surface area contributed by atoms with Crippen LogP contribution in [0.1, 0.15) is 12.8 Å². The largest absolute Gasteiger partial charge is 0.371 e. The summed E-state index contributed by atoms with van der Waals surface area (Å²) in [6.07, 6.45) is 1.06. The van der Waals surface area contributed by atoms with Crippen molar-refractivity contribution in [3.05, 3.63) is 0 Å². The first-order valence-corrected chi connectivity index (χ1v) is 8.69. The lowest BCUT2D eigenvalue weighted by atomic mass is 10.2. The van der Waals surface area contributed by atoms with Crippen molar-refractivity contribution < 1.29 is 28.5 Å². The number of rotatable bonds is 11. The Bertz CT molecular complexity index is 413. The quantitative estimate of drug-likeness (QED) is 0.449. The summed E-state index contributed by atoms with van der Waals surface area (Å²) in [5, 5.41) is 0. The minimum absolute atomic E-state index is 0.000330. The van der Waals surface area contributed by atoms with Crippen molar-refractivity contribution >= 4 is 11.8 Å². The van der Waals surface area contributed by atoms with E-state index in [9.17, 15) is 9.59 Å². The van der Waals surface area contributed by atoms with Crippen LogP contribution in [-0.4, -0.2) is 98.6 Å². The van der Waals surface area contributed by atoms with E-state index in [1.807, 2.05) is 0 Å². The van der Waals surface area contributed by atoms with Crippen molar-refractivity contribution in [2.75, 3.05) is 52.6 Å². The average molecular weight is 340 g/mol. The Morgan fingerprint density at radius 2 is 0.875 bits per heavy atom. The summed E-state index contributed by atoms with van der Waals surface area (Å²) >= 11 is 0. The van der Waals surface area contributed by atoms with Gasteiger partial charge in [-0.1, -0.05) is 0 Å². The number of carbonyl (C=O) groups excluding carboxylic acids is 2. The molecule has 4 unspecified atom stereocenters. The maximum Gasteiger partial charge on any atom is 0.223 e. The molecule has 4 rings (SSSR count). The monoisotopic (exact) mass is 340 g/mol. The van der Waals surface area contributed by atoms with Crippen LogP contribution >= 0.6 is 0 Å². The summed E-state index contributed by atoms with van der Waals surface area (Å²) in [6, 6.07) is 0. The van der Waals surface area contributed by atoms with Gasteiger partial charge in [0.2, 0.25) is 11.8 Å². The van der Waals surface area contributed by atoms with Gasteiger partial charge >= 0.3 is 0 Å². The van der Waals surface area contributed by atoms with Gasteiger partial charge in [0.05, 0.1) is 50.8 Å². The molecule has 2 amide bonds. The van der Waals surface area contributed by atoms with Crippen LogP contribution in [-0.2, 0) is 28.5 Å². The molecule has 0 N–H and O–H groups in total. The summed E-state index contributed by atoms with van der Waals surface area (Å²) in [4.78, 5) is 28.5. The number of amides is 2. The van der Waals surface area contributed by atoms with E-state index in [2.05, 4.69) is 0 Å². The molecule has 0 aromatic rings. The average Bonchev–Trinajstić information content (AvgIpc) is 3.40. The fourth-order valence-electron chi connectivity index (χ4n) is 2.76. The topological polar surface area (TPSA) is 90.7 Å². The molecule has 0 saturated carbocycles. The Hall–Kier alpha value is -1.22. The SMILES string of the molecule is O=C(CCC(=O)N(CC1CO1)CC1CO1)N(CC1CO1)CC1CO1. The van der Waals surface area contributed by atoms with Crippen molar-refractivity contribution in [3.63, 3.8) is 0 Å². The number of hydrogen-bond acceptors (Lipinski definition) is 6. The van der Waals surface area contributed by atoms with Gasteiger partial charge in [0.25, 0.3) is 0 Å². The smallest absolute Gasteiger partial charge is 0.223 e. The maximum atomic E-state index is 12.5. The number of carbonyl (C=O) groups is 2. The highest BCUT2D eigenvalue weighted by Gasteiger charge is 2.35. The van der Waals surface area contributed by atoms with Gasteiger partial charge in [-0.25, -0.2) is 0 Å². The zero-order chi connectivity index (χ0) is 16.5. The maximum absolute atomic E-state index is 12.5. The molecule has 24 heavy (non-hydrogen) atoms. The van der Waals surface area contributed by atoms with Crippen LogP contribution in [0.4, 0.5) is 0 Å². The van der Waals surface area contributed by atoms with E-state index in [0.29, 0.717) is 52.6 Å². The van der Waals surface area contributed by atoms with Crippen LogP contribution in [0, 0.1) is 0 Å². The third kappa shape index (κ3) is 5.14. The van der Waals surface area contributed by atoms with Gasteiger partial charge in [-0.3, -0.25) is 9.59 Å². The minimum Gasteiger partial charge on any atom is -0.371 e. The highest BCUT2D eigenvalue weighted by molar-refractivity contribution is 5.84. The van der Waals surface area contributed by atoms with E-state index in [-0.39, 0.29) is 49.1 Å². The molecule has 4 fully saturated rings. The lowest BCUT2D eigenvalue weighted by Gasteiger charge is -2.23. The van der Waals surface area contributed by atoms with Gasteiger partial charge in [0.15, 0.2) is 0 Å². The van der Waals surface area contributed by atoms with Gasteiger partial charge < -0.3 is 28.7 Å². The predicted molar refractivity (Wildman–Crippen MR) is 81.4 cm³/mol. The summed E-state index contributed by atoms with van der Waals surface area (Å²) in [7, 11) is 0. The van der Waals surface area contributed by atoms with E-state index in [1.54, 1.807) is 9.80 Å². The van der Waals surface area contributed by atoms with E-state index in [1.165, 1.54) is 0 Å². The third-order valence-electron chi connectivity index (χ3n) is 4.56. The number of nitrogens with zero attached hydrogens (tertiary/aromatic N) is 2. The number of hydrogen-bond donors (Lipinski definition) is 0. The fourth-order valence-corrected chi connectivity index (χ4v) is 2.76. The molecule has 8 nitrogen and oxygen atoms in total. The molecular weight excluding hydrogens is 316 g/mol. The predicted octanol–water partition coefficient (Wildman–Crippen LogP) is -0.981. The van der Waals surface area contributed by atoms with Crippen molar-refractivity contribution in [1.29, 1.82) is 0 Å². The molecular formula is C16H24N2O6. The van der Waals surface area contributed by atoms with Crippen LogP contribution in [0.25, 0.3) is 0 Å². The lowest BCUT2D eigenvalue weighted by molar-refractivity contribution is -0.137. The summed E-state index contributed by atoms with van der Waals surface area (Å²) in [6.45, 7) is 5.25. The van der Waals surface area contributed by atoms with Crippen molar-refractivity contribution in [3.8, 4) is 0 Å². The number of ether oxygens (including phenoxy) is 4. The Balaban J connectivity index is 1.24. The van der Waals surface area contributed by atoms with Crippen LogP contribution in [0.15, 0.2) is 0 Å². The summed E-state index contributed by atoms with van der Waals surface area (Å²) < 4.78 is 20.9. The molecule has 0 spiro atoms. The zero-order valence-electron chi connectivity index (χ0n) is 13.7. The van der Waals surface area contributed by atoms with Crippen LogP contribution < -0.4 is 0 Å². The summed E-state index contributed by atoms with van der Waals surface area (Å²) in [5.41, 5.74) is 0. The molecule has 4 aliphatic rings. The molecule has 0 radical (unpaired) electrons. The standard InChI is InChI=1S/C16H24N2O6/c19-15(17(3-11-7-21-11)4-12-8-22-12)1-2-16(20)18(5-13-9-23-13)6-14-10-24-14/h11-14H,1-10H2. The van der Waals surface area contributed by atoms with Crippen LogP contribution in [0.5, 0.6) is 0 Å². The second kappa shape index (κ2) is 6.95. The van der Waals surface area contributed by atoms with E-state index < -0.39 is 0 Å². The molecule has 0 bridgehead atoms. The van der Waals surface area contributed by atoms with Crippen molar-refractivity contribution in [2.24, 2.45) is 0 Å². The van der Waals surface area contributed by atoms with Crippen LogP contribution in [0.3, 0.4) is 0 Å². The summed E-state index contributed by atoms with van der Waals surface area (Å²) in [5.74, 6) is -0.000659. The lowest BCUT2D eigenvalue weighted by Crippen LogP contribution is -2.40. The normalized spacial score (nSPS) is 32.2. The van der Waals surface area contributed by atoms with Crippen molar-refractivity contribution in [2.45, 2.75) is 37.3 Å². The minimum atomic E-state index is -0.000330. The second-order valence-corrected chi connectivity index (χ2v) is 6.92. The highest BCUT2D eigenvalue weighted by Crippen LogP contribution is 2.19. The van der Waals surface area contributed by atoms with Gasteiger partial charge in [0, 0.05) is 39.0 Å². The highest BCUT2D eigenvalue weighted by atomic mass is 16.6. The Morgan fingerprint density at radius 3 is 1.08 bits per heavy atom. The Kier molecular flexibility index (Phi) is 4.71. The van der Waals surface area contributed by atoms with Gasteiger partial charge in [0.1, 0.15) is 0 Å². The molecule has 4 heterocycles. The molecule has 4 aliphatic heterocycles. The van der Waals surface area contributed by atoms with Crippen molar-refractivity contribution in [1.82, 2.24) is 9.80 Å². The first-order chi connectivity index (χ1) is 11.7. The second-order valence-electron chi connectivity index (χ2n) is 6.92. The molecule has 4 atom stereocenters. The fraction of sp³-hybridized carbons (Fsp3) is 0.875. The zero-order valence-corrected chi connectivity index (χ0v) is 13.7. The van der Waals surface area contributed by atoms with E-state index in [0.717, 1.165) is 0 Å². The first-order valence-electron chi connectivity index (χ1n) is 8.69. The van der Waals surface area contributed by atoms with Gasteiger partial charge in [-0.2, -0.15) is 0 Å². The molecule has 0 aromatic carbocycles. The van der Waals surface area contributed by atoms with Gasteiger partial charge in [-0.05, 0) is 0 Å². The number of epoxide rings is 4. The molecule has 4 saturated heterocycles. The molecule has 8 heteroatoms. The Labute approximate surface area is 140 Å². The molecule has 0 aromatic heterocycles. The Morgan fingerprint density at radius 1 is 0.625 bits per heavy atom. The van der Waals surface area contributed by atoms with Gasteiger partial charge in [-0.15, -0.1) is 0 Å². The van der Waals surface area contributed by atoms with E-state index in [4.69, 9.17) is 18.9 Å². The third-order valence-corrected chi connectivity index (χ3v) is 4.56. The van der Waals surface area contributed by atoms with Crippen LogP contribution in [0.2, 0.25) is 0 Å². The first kappa shape index (κ1) is 16.3. The van der Waals surface area contributed by atoms with E-state index >= 15 is 0 Å².